The molecule has 2 saturated heterocycles. The molecule has 0 radical (unpaired) electrons. The Morgan fingerprint density at radius 1 is 1.24 bits per heavy atom. The third-order valence-corrected chi connectivity index (χ3v) is 7.45. The molecule has 1 spiro atoms. The first-order valence-electron chi connectivity index (χ1n) is 9.42. The van der Waals surface area contributed by atoms with E-state index in [1.165, 1.54) is 11.8 Å². The highest BCUT2D eigenvalue weighted by atomic mass is 35.5. The first kappa shape index (κ1) is 18.9. The number of halogens is 1. The normalized spacial score (nSPS) is 21.3. The third-order valence-electron chi connectivity index (χ3n) is 5.90. The van der Waals surface area contributed by atoms with Gasteiger partial charge in [0.1, 0.15) is 17.2 Å². The van der Waals surface area contributed by atoms with Crippen molar-refractivity contribution < 1.29 is 4.74 Å². The summed E-state index contributed by atoms with van der Waals surface area (Å²) in [4.78, 5) is 16.1. The summed E-state index contributed by atoms with van der Waals surface area (Å²) in [5, 5.41) is 5.55. The van der Waals surface area contributed by atoms with Crippen molar-refractivity contribution in [2.24, 2.45) is 11.1 Å². The van der Waals surface area contributed by atoms with E-state index in [2.05, 4.69) is 25.0 Å². The van der Waals surface area contributed by atoms with Gasteiger partial charge in [-0.25, -0.2) is 15.0 Å². The minimum absolute atomic E-state index is 0.0965. The van der Waals surface area contributed by atoms with Gasteiger partial charge in [-0.15, -0.1) is 0 Å². The Labute approximate surface area is 176 Å². The minimum atomic E-state index is 0.0965. The number of piperidine rings is 1. The van der Waals surface area contributed by atoms with E-state index in [9.17, 15) is 0 Å². The van der Waals surface area contributed by atoms with Gasteiger partial charge in [0.15, 0.2) is 11.5 Å². The van der Waals surface area contributed by atoms with Crippen molar-refractivity contribution in [2.75, 3.05) is 36.9 Å². The summed E-state index contributed by atoms with van der Waals surface area (Å²) < 4.78 is 7.46. The molecule has 0 saturated carbocycles. The van der Waals surface area contributed by atoms with Crippen LogP contribution in [-0.2, 0) is 4.74 Å². The van der Waals surface area contributed by atoms with Crippen LogP contribution in [0.2, 0.25) is 5.02 Å². The molecule has 0 aromatic carbocycles. The summed E-state index contributed by atoms with van der Waals surface area (Å²) in [6.45, 7) is 3.17. The average Bonchev–Trinajstić information content (AvgIpc) is 3.35. The zero-order chi connectivity index (χ0) is 20.0. The van der Waals surface area contributed by atoms with Crippen molar-refractivity contribution in [3.05, 3.63) is 29.8 Å². The number of anilines is 2. The molecule has 5 heterocycles. The fraction of sp³-hybridized carbons (Fsp3) is 0.444. The summed E-state index contributed by atoms with van der Waals surface area (Å²) in [5.74, 6) is 1.21. The van der Waals surface area contributed by atoms with Gasteiger partial charge in [-0.3, -0.25) is 0 Å². The number of hydrogen-bond donors (Lipinski definition) is 2. The number of pyridine rings is 1. The molecule has 3 aromatic rings. The lowest BCUT2D eigenvalue weighted by molar-refractivity contribution is 0.131. The summed E-state index contributed by atoms with van der Waals surface area (Å²) in [6.07, 6.45) is 6.99. The van der Waals surface area contributed by atoms with Crippen molar-refractivity contribution in [1.29, 1.82) is 0 Å². The number of nitrogen functional groups attached to an aromatic ring is 1. The van der Waals surface area contributed by atoms with Crippen molar-refractivity contribution in [3.63, 3.8) is 0 Å². The SMILES string of the molecule is Nc1nccc(Sc2ncc(N3CCC4(CC3)COCC4N)n3ncnc23)c1Cl. The monoisotopic (exact) mass is 432 g/mol. The summed E-state index contributed by atoms with van der Waals surface area (Å²) in [7, 11) is 0. The van der Waals surface area contributed by atoms with Crippen LogP contribution >= 0.6 is 23.4 Å². The Morgan fingerprint density at radius 2 is 2.07 bits per heavy atom. The van der Waals surface area contributed by atoms with Crippen LogP contribution in [0.25, 0.3) is 5.65 Å². The van der Waals surface area contributed by atoms with Gasteiger partial charge in [0, 0.05) is 35.6 Å². The Balaban J connectivity index is 1.42. The molecule has 2 aliphatic rings. The molecule has 5 rings (SSSR count). The van der Waals surface area contributed by atoms with Crippen molar-refractivity contribution >= 4 is 40.6 Å². The van der Waals surface area contributed by atoms with Crippen LogP contribution in [-0.4, -0.2) is 56.9 Å². The highest BCUT2D eigenvalue weighted by Crippen LogP contribution is 2.40. The standard InChI is InChI=1S/C18H21ClN8OS/c19-14-11(1-4-22-15(14)21)29-17-16-24-10-25-27(16)13(7-23-17)26-5-2-18(3-6-26)9-28-8-12(18)20/h1,4,7,10,12H,2-3,5-6,8-9,20H2,(H2,21,22). The number of hydrogen-bond acceptors (Lipinski definition) is 9. The van der Waals surface area contributed by atoms with Crippen LogP contribution in [0.1, 0.15) is 12.8 Å². The highest BCUT2D eigenvalue weighted by molar-refractivity contribution is 7.99. The smallest absolute Gasteiger partial charge is 0.190 e. The van der Waals surface area contributed by atoms with Gasteiger partial charge in [0.25, 0.3) is 0 Å². The van der Waals surface area contributed by atoms with Gasteiger partial charge in [-0.05, 0) is 18.9 Å². The van der Waals surface area contributed by atoms with Crippen molar-refractivity contribution in [3.8, 4) is 0 Å². The highest BCUT2D eigenvalue weighted by Gasteiger charge is 2.44. The first-order chi connectivity index (χ1) is 14.1. The molecule has 0 bridgehead atoms. The predicted octanol–water partition coefficient (Wildman–Crippen LogP) is 1.85. The van der Waals surface area contributed by atoms with Crippen LogP contribution in [0.15, 0.2) is 34.7 Å². The second-order valence-electron chi connectivity index (χ2n) is 7.50. The van der Waals surface area contributed by atoms with Crippen molar-refractivity contribution in [2.45, 2.75) is 28.8 Å². The lowest BCUT2D eigenvalue weighted by Crippen LogP contribution is -2.49. The molecule has 2 fully saturated rings. The van der Waals surface area contributed by atoms with Gasteiger partial charge in [0.2, 0.25) is 0 Å². The lowest BCUT2D eigenvalue weighted by Gasteiger charge is -2.41. The number of nitrogens with zero attached hydrogens (tertiary/aromatic N) is 6. The zero-order valence-electron chi connectivity index (χ0n) is 15.7. The van der Waals surface area contributed by atoms with Crippen LogP contribution < -0.4 is 16.4 Å². The molecule has 29 heavy (non-hydrogen) atoms. The Morgan fingerprint density at radius 3 is 2.83 bits per heavy atom. The average molecular weight is 433 g/mol. The molecule has 11 heteroatoms. The third kappa shape index (κ3) is 3.20. The number of rotatable bonds is 3. The number of aromatic nitrogens is 5. The van der Waals surface area contributed by atoms with Gasteiger partial charge in [0.05, 0.1) is 24.4 Å². The minimum Gasteiger partial charge on any atom is -0.382 e. The van der Waals surface area contributed by atoms with E-state index in [0.29, 0.717) is 28.1 Å². The fourth-order valence-corrected chi connectivity index (χ4v) is 5.16. The van der Waals surface area contributed by atoms with E-state index in [-0.39, 0.29) is 11.5 Å². The summed E-state index contributed by atoms with van der Waals surface area (Å²) in [6, 6.07) is 1.92. The quantitative estimate of drug-likeness (QED) is 0.638. The largest absolute Gasteiger partial charge is 0.382 e. The molecule has 1 atom stereocenters. The van der Waals surface area contributed by atoms with E-state index >= 15 is 0 Å². The van der Waals surface area contributed by atoms with Crippen LogP contribution in [0.3, 0.4) is 0 Å². The van der Waals surface area contributed by atoms with E-state index in [1.54, 1.807) is 12.5 Å². The summed E-state index contributed by atoms with van der Waals surface area (Å²) >= 11 is 7.68. The van der Waals surface area contributed by atoms with E-state index in [1.807, 2.05) is 16.8 Å². The first-order valence-corrected chi connectivity index (χ1v) is 10.6. The molecule has 9 nitrogen and oxygen atoms in total. The number of nitrogens with two attached hydrogens (primary N) is 2. The second kappa shape index (κ2) is 7.28. The maximum absolute atomic E-state index is 6.31. The van der Waals surface area contributed by atoms with Crippen LogP contribution in [0.5, 0.6) is 0 Å². The molecule has 152 valence electrons. The lowest BCUT2D eigenvalue weighted by atomic mass is 9.75. The molecule has 1 unspecified atom stereocenters. The van der Waals surface area contributed by atoms with Gasteiger partial charge in [-0.2, -0.15) is 9.61 Å². The summed E-state index contributed by atoms with van der Waals surface area (Å²) in [5.41, 5.74) is 12.9. The Bertz CT molecular complexity index is 1050. The number of fused-ring (bicyclic) bond motifs is 1. The Hall–Kier alpha value is -2.14. The molecule has 3 aromatic heterocycles. The molecule has 0 aliphatic carbocycles. The number of ether oxygens (including phenoxy) is 1. The molecular weight excluding hydrogens is 412 g/mol. The second-order valence-corrected chi connectivity index (χ2v) is 8.91. The zero-order valence-corrected chi connectivity index (χ0v) is 17.2. The van der Waals surface area contributed by atoms with E-state index < -0.39 is 0 Å². The predicted molar refractivity (Wildman–Crippen MR) is 111 cm³/mol. The molecule has 4 N–H and O–H groups in total. The van der Waals surface area contributed by atoms with E-state index in [0.717, 1.165) is 43.3 Å². The van der Waals surface area contributed by atoms with Gasteiger partial charge in [-0.1, -0.05) is 23.4 Å². The van der Waals surface area contributed by atoms with Gasteiger partial charge >= 0.3 is 0 Å². The Kier molecular flexibility index (Phi) is 4.73. The van der Waals surface area contributed by atoms with Crippen LogP contribution in [0, 0.1) is 5.41 Å². The topological polar surface area (TPSA) is 120 Å². The van der Waals surface area contributed by atoms with Crippen LogP contribution in [0.4, 0.5) is 11.6 Å². The van der Waals surface area contributed by atoms with E-state index in [4.69, 9.17) is 27.8 Å². The fourth-order valence-electron chi connectivity index (χ4n) is 4.06. The molecule has 0 amide bonds. The van der Waals surface area contributed by atoms with Gasteiger partial charge < -0.3 is 21.1 Å². The maximum atomic E-state index is 6.31. The maximum Gasteiger partial charge on any atom is 0.190 e. The molecular formula is C18H21ClN8OS. The van der Waals surface area contributed by atoms with Crippen molar-refractivity contribution in [1.82, 2.24) is 24.6 Å². The molecule has 2 aliphatic heterocycles.